The lowest BCUT2D eigenvalue weighted by atomic mass is 9.98. The zero-order valence-electron chi connectivity index (χ0n) is 10.5. The van der Waals surface area contributed by atoms with Crippen molar-refractivity contribution in [2.24, 2.45) is 0 Å². The number of aromatic nitrogens is 2. The van der Waals surface area contributed by atoms with Crippen LogP contribution in [0.2, 0.25) is 5.02 Å². The van der Waals surface area contributed by atoms with Crippen molar-refractivity contribution in [1.82, 2.24) is 9.78 Å². The number of halogens is 1. The minimum Gasteiger partial charge on any atom is -0.370 e. The fraction of sp³-hybridized carbons (Fsp3) is 0.750. The van der Waals surface area contributed by atoms with Crippen LogP contribution in [-0.2, 0) is 11.3 Å². The summed E-state index contributed by atoms with van der Waals surface area (Å²) in [5.74, 6) is -0.282. The zero-order chi connectivity index (χ0) is 13.5. The Morgan fingerprint density at radius 3 is 2.89 bits per heavy atom. The zero-order valence-corrected chi connectivity index (χ0v) is 11.3. The molecule has 1 saturated heterocycles. The van der Waals surface area contributed by atoms with Gasteiger partial charge in [-0.15, -0.1) is 0 Å². The van der Waals surface area contributed by atoms with E-state index in [2.05, 4.69) is 5.10 Å². The van der Waals surface area contributed by atoms with Gasteiger partial charge in [0.25, 0.3) is 0 Å². The minimum absolute atomic E-state index is 0.0769. The molecule has 1 atom stereocenters. The van der Waals surface area contributed by atoms with Crippen molar-refractivity contribution in [3.63, 3.8) is 0 Å². The normalized spacial score (nSPS) is 25.2. The molecule has 0 amide bonds. The van der Waals surface area contributed by atoms with Crippen LogP contribution in [0.5, 0.6) is 0 Å². The van der Waals surface area contributed by atoms with Crippen LogP contribution in [0.25, 0.3) is 0 Å². The Hall–Kier alpha value is -1.14. The Morgan fingerprint density at radius 2 is 2.26 bits per heavy atom. The molecule has 1 unspecified atom stereocenters. The Kier molecular flexibility index (Phi) is 3.22. The molecule has 1 spiro atoms. The molecular weight excluding hydrogens is 270 g/mol. The van der Waals surface area contributed by atoms with Crippen LogP contribution in [0.1, 0.15) is 38.5 Å². The molecule has 1 aromatic heterocycles. The summed E-state index contributed by atoms with van der Waals surface area (Å²) in [6.07, 6.45) is 8.45. The largest absolute Gasteiger partial charge is 0.408 e. The van der Waals surface area contributed by atoms with Gasteiger partial charge in [0.15, 0.2) is 5.02 Å². The molecule has 1 aromatic rings. The first-order valence-corrected chi connectivity index (χ1v) is 7.01. The van der Waals surface area contributed by atoms with Gasteiger partial charge in [-0.2, -0.15) is 4.68 Å². The Balaban J connectivity index is 1.66. The summed E-state index contributed by atoms with van der Waals surface area (Å²) in [5.41, 5.74) is 0.0769. The van der Waals surface area contributed by atoms with Crippen LogP contribution >= 0.6 is 11.6 Å². The van der Waals surface area contributed by atoms with E-state index in [4.69, 9.17) is 16.3 Å². The lowest BCUT2D eigenvalue weighted by Crippen LogP contribution is -2.26. The van der Waals surface area contributed by atoms with E-state index in [9.17, 15) is 10.1 Å². The van der Waals surface area contributed by atoms with E-state index in [-0.39, 0.29) is 22.5 Å². The number of hydrogen-bond donors (Lipinski definition) is 0. The quantitative estimate of drug-likeness (QED) is 0.632. The van der Waals surface area contributed by atoms with Crippen LogP contribution in [0.15, 0.2) is 6.20 Å². The van der Waals surface area contributed by atoms with Gasteiger partial charge >= 0.3 is 5.82 Å². The molecule has 0 N–H and O–H groups in total. The van der Waals surface area contributed by atoms with E-state index < -0.39 is 4.92 Å². The Labute approximate surface area is 115 Å². The van der Waals surface area contributed by atoms with Crippen LogP contribution in [-0.4, -0.2) is 26.4 Å². The highest BCUT2D eigenvalue weighted by atomic mass is 35.5. The fourth-order valence-electron chi connectivity index (χ4n) is 3.22. The lowest BCUT2D eigenvalue weighted by molar-refractivity contribution is -0.389. The maximum Gasteiger partial charge on any atom is 0.408 e. The van der Waals surface area contributed by atoms with Crippen LogP contribution in [0.4, 0.5) is 5.82 Å². The summed E-state index contributed by atoms with van der Waals surface area (Å²) < 4.78 is 7.68. The molecule has 2 heterocycles. The molecule has 1 saturated carbocycles. The topological polar surface area (TPSA) is 70.2 Å². The van der Waals surface area contributed by atoms with Gasteiger partial charge in [-0.05, 0) is 30.6 Å². The summed E-state index contributed by atoms with van der Waals surface area (Å²) in [5, 5.41) is 14.7. The summed E-state index contributed by atoms with van der Waals surface area (Å²) in [4.78, 5) is 10.1. The number of ether oxygens (including phenoxy) is 1. The van der Waals surface area contributed by atoms with Crippen LogP contribution < -0.4 is 0 Å². The molecule has 0 aromatic carbocycles. The van der Waals surface area contributed by atoms with E-state index >= 15 is 0 Å². The van der Waals surface area contributed by atoms with Gasteiger partial charge < -0.3 is 14.9 Å². The van der Waals surface area contributed by atoms with E-state index in [1.807, 2.05) is 0 Å². The predicted octanol–water partition coefficient (Wildman–Crippen LogP) is 2.94. The van der Waals surface area contributed by atoms with Crippen molar-refractivity contribution in [1.29, 1.82) is 0 Å². The van der Waals surface area contributed by atoms with Crippen molar-refractivity contribution in [2.75, 3.05) is 0 Å². The molecule has 1 aliphatic heterocycles. The Morgan fingerprint density at radius 1 is 1.53 bits per heavy atom. The highest BCUT2D eigenvalue weighted by molar-refractivity contribution is 6.32. The molecular formula is C12H16ClN3O3. The number of nitro groups is 1. The van der Waals surface area contributed by atoms with Crippen molar-refractivity contribution in [2.45, 2.75) is 56.8 Å². The van der Waals surface area contributed by atoms with Gasteiger partial charge in [0.2, 0.25) is 0 Å². The third kappa shape index (κ3) is 2.47. The molecule has 1 aliphatic carbocycles. The van der Waals surface area contributed by atoms with Crippen LogP contribution in [0.3, 0.4) is 0 Å². The smallest absolute Gasteiger partial charge is 0.370 e. The van der Waals surface area contributed by atoms with E-state index in [0.29, 0.717) is 6.54 Å². The number of nitrogens with zero attached hydrogens (tertiary/aromatic N) is 3. The second-order valence-electron chi connectivity index (χ2n) is 5.45. The van der Waals surface area contributed by atoms with Crippen molar-refractivity contribution in [3.8, 4) is 0 Å². The van der Waals surface area contributed by atoms with Gasteiger partial charge in [-0.3, -0.25) is 0 Å². The van der Waals surface area contributed by atoms with Gasteiger partial charge in [-0.25, -0.2) is 0 Å². The third-order valence-corrected chi connectivity index (χ3v) is 4.38. The average Bonchev–Trinajstić information content (AvgIpc) is 3.04. The standard InChI is InChI=1S/C12H16ClN3O3/c13-10-8-15(14-11(10)16(17)18)7-9-3-6-12(19-9)4-1-2-5-12/h8-9H,1-7H2. The van der Waals surface area contributed by atoms with Crippen molar-refractivity contribution in [3.05, 3.63) is 21.3 Å². The highest BCUT2D eigenvalue weighted by Gasteiger charge is 2.42. The summed E-state index contributed by atoms with van der Waals surface area (Å²) in [6, 6.07) is 0. The van der Waals surface area contributed by atoms with E-state index in [1.54, 1.807) is 0 Å². The molecule has 7 heteroatoms. The molecule has 3 rings (SSSR count). The molecule has 19 heavy (non-hydrogen) atoms. The average molecular weight is 286 g/mol. The van der Waals surface area contributed by atoms with Crippen LogP contribution in [0, 0.1) is 10.1 Å². The minimum atomic E-state index is -0.563. The van der Waals surface area contributed by atoms with Crippen molar-refractivity contribution < 1.29 is 9.66 Å². The highest BCUT2D eigenvalue weighted by Crippen LogP contribution is 2.43. The maximum absolute atomic E-state index is 10.7. The Bertz CT molecular complexity index is 496. The third-order valence-electron chi connectivity index (χ3n) is 4.12. The fourth-order valence-corrected chi connectivity index (χ4v) is 3.44. The first-order chi connectivity index (χ1) is 9.08. The maximum atomic E-state index is 10.7. The lowest BCUT2D eigenvalue weighted by Gasteiger charge is -2.23. The van der Waals surface area contributed by atoms with E-state index in [0.717, 1.165) is 25.7 Å². The van der Waals surface area contributed by atoms with Crippen molar-refractivity contribution >= 4 is 17.4 Å². The van der Waals surface area contributed by atoms with Gasteiger partial charge in [0.1, 0.15) is 0 Å². The van der Waals surface area contributed by atoms with Gasteiger partial charge in [0.05, 0.1) is 29.5 Å². The predicted molar refractivity (Wildman–Crippen MR) is 69.2 cm³/mol. The summed E-state index contributed by atoms with van der Waals surface area (Å²) in [7, 11) is 0. The first kappa shape index (κ1) is 12.9. The SMILES string of the molecule is O=[N+]([O-])c1nn(CC2CCC3(CCCC3)O2)cc1Cl. The molecule has 2 aliphatic rings. The molecule has 0 bridgehead atoms. The second kappa shape index (κ2) is 4.76. The van der Waals surface area contributed by atoms with Gasteiger partial charge in [-0.1, -0.05) is 24.4 Å². The molecule has 0 radical (unpaired) electrons. The summed E-state index contributed by atoms with van der Waals surface area (Å²) >= 11 is 5.78. The second-order valence-corrected chi connectivity index (χ2v) is 5.86. The van der Waals surface area contributed by atoms with E-state index in [1.165, 1.54) is 23.7 Å². The monoisotopic (exact) mass is 285 g/mol. The molecule has 104 valence electrons. The molecule has 2 fully saturated rings. The summed E-state index contributed by atoms with van der Waals surface area (Å²) in [6.45, 7) is 0.537. The first-order valence-electron chi connectivity index (χ1n) is 6.63. The number of rotatable bonds is 3. The number of hydrogen-bond acceptors (Lipinski definition) is 4. The van der Waals surface area contributed by atoms with Gasteiger partial charge in [0, 0.05) is 0 Å². The molecule has 6 nitrogen and oxygen atoms in total.